The summed E-state index contributed by atoms with van der Waals surface area (Å²) < 4.78 is 0. The fourth-order valence-corrected chi connectivity index (χ4v) is 1.32. The van der Waals surface area contributed by atoms with Crippen molar-refractivity contribution in [1.82, 2.24) is 4.98 Å². The zero-order valence-electron chi connectivity index (χ0n) is 8.27. The molecule has 3 nitrogen and oxygen atoms in total. The zero-order valence-corrected chi connectivity index (χ0v) is 9.03. The molecule has 0 atom stereocenters. The van der Waals surface area contributed by atoms with E-state index in [1.165, 1.54) is 6.20 Å². The number of nitrogens with one attached hydrogen (secondary N) is 1. The number of carbonyl (C=O) groups excluding carboxylic acids is 1. The first kappa shape index (κ1) is 10.6. The molecule has 0 aliphatic rings. The molecular weight excluding hydrogens is 224 g/mol. The van der Waals surface area contributed by atoms with Gasteiger partial charge in [-0.3, -0.25) is 9.78 Å². The molecule has 0 aliphatic heterocycles. The van der Waals surface area contributed by atoms with Gasteiger partial charge in [0, 0.05) is 16.9 Å². The number of nitrogens with zero attached hydrogens (tertiary/aromatic N) is 1. The number of aromatic nitrogens is 1. The van der Waals surface area contributed by atoms with Gasteiger partial charge >= 0.3 is 0 Å². The van der Waals surface area contributed by atoms with E-state index in [1.807, 2.05) is 0 Å². The van der Waals surface area contributed by atoms with Crippen molar-refractivity contribution in [2.45, 2.75) is 0 Å². The molecule has 0 fully saturated rings. The summed E-state index contributed by atoms with van der Waals surface area (Å²) in [6.45, 7) is 0. The van der Waals surface area contributed by atoms with Crippen molar-refractivity contribution in [2.24, 2.45) is 0 Å². The molecule has 1 amide bonds. The van der Waals surface area contributed by atoms with Crippen molar-refractivity contribution in [3.63, 3.8) is 0 Å². The van der Waals surface area contributed by atoms with Crippen LogP contribution in [0, 0.1) is 6.20 Å². The maximum atomic E-state index is 11.7. The molecule has 0 bridgehead atoms. The van der Waals surface area contributed by atoms with Crippen molar-refractivity contribution in [1.29, 1.82) is 0 Å². The number of rotatable bonds is 2. The number of amides is 1. The van der Waals surface area contributed by atoms with E-state index in [4.69, 9.17) is 11.6 Å². The third kappa shape index (κ3) is 2.58. The number of benzene rings is 1. The Morgan fingerprint density at radius 2 is 2.00 bits per heavy atom. The molecule has 0 saturated heterocycles. The topological polar surface area (TPSA) is 42.0 Å². The highest BCUT2D eigenvalue weighted by Crippen LogP contribution is 2.14. The number of carbonyl (C=O) groups is 1. The summed E-state index contributed by atoms with van der Waals surface area (Å²) in [5, 5.41) is 3.37. The predicted molar refractivity (Wildman–Crippen MR) is 62.5 cm³/mol. The minimum Gasteiger partial charge on any atom is -0.322 e. The Morgan fingerprint density at radius 1 is 1.25 bits per heavy atom. The molecule has 0 spiro atoms. The molecule has 0 aliphatic carbocycles. The van der Waals surface area contributed by atoms with Crippen LogP contribution in [0.2, 0.25) is 5.02 Å². The van der Waals surface area contributed by atoms with E-state index in [0.717, 1.165) is 0 Å². The minimum atomic E-state index is -0.205. The quantitative estimate of drug-likeness (QED) is 0.864. The number of halogens is 1. The minimum absolute atomic E-state index is 0.205. The highest BCUT2D eigenvalue weighted by atomic mass is 35.5. The first-order chi connectivity index (χ1) is 7.75. The lowest BCUT2D eigenvalue weighted by atomic mass is 10.2. The molecule has 2 aromatic rings. The van der Waals surface area contributed by atoms with Crippen LogP contribution >= 0.6 is 11.6 Å². The van der Waals surface area contributed by atoms with E-state index in [0.29, 0.717) is 16.3 Å². The number of hydrogen-bond acceptors (Lipinski definition) is 2. The largest absolute Gasteiger partial charge is 0.322 e. The van der Waals surface area contributed by atoms with Crippen molar-refractivity contribution < 1.29 is 4.79 Å². The SMILES string of the molecule is O=C(Nc1ccc(Cl)cc1)c1cc[c]nc1. The van der Waals surface area contributed by atoms with Gasteiger partial charge in [-0.2, -0.15) is 0 Å². The van der Waals surface area contributed by atoms with Crippen LogP contribution in [0.3, 0.4) is 0 Å². The summed E-state index contributed by atoms with van der Waals surface area (Å²) in [7, 11) is 0. The van der Waals surface area contributed by atoms with Crippen molar-refractivity contribution in [3.8, 4) is 0 Å². The Labute approximate surface area is 98.1 Å². The first-order valence-electron chi connectivity index (χ1n) is 4.65. The van der Waals surface area contributed by atoms with Gasteiger partial charge in [0.1, 0.15) is 0 Å². The molecule has 1 aromatic carbocycles. The lowest BCUT2D eigenvalue weighted by molar-refractivity contribution is 0.102. The van der Waals surface area contributed by atoms with Crippen LogP contribution in [0.1, 0.15) is 10.4 Å². The second-order valence-electron chi connectivity index (χ2n) is 3.14. The van der Waals surface area contributed by atoms with Gasteiger partial charge in [-0.25, -0.2) is 0 Å². The van der Waals surface area contributed by atoms with Crippen LogP contribution in [0.4, 0.5) is 5.69 Å². The molecule has 79 valence electrons. The Bertz CT molecular complexity index is 482. The maximum Gasteiger partial charge on any atom is 0.257 e. The van der Waals surface area contributed by atoms with Gasteiger partial charge in [-0.1, -0.05) is 11.6 Å². The summed E-state index contributed by atoms with van der Waals surface area (Å²) in [5.41, 5.74) is 1.19. The van der Waals surface area contributed by atoms with Crippen molar-refractivity contribution >= 4 is 23.2 Å². The Kier molecular flexibility index (Phi) is 3.17. The molecule has 0 saturated carbocycles. The van der Waals surface area contributed by atoms with Crippen LogP contribution in [0.15, 0.2) is 42.6 Å². The summed E-state index contributed by atoms with van der Waals surface area (Å²) >= 11 is 5.74. The van der Waals surface area contributed by atoms with Crippen LogP contribution in [-0.4, -0.2) is 10.9 Å². The normalized spacial score (nSPS) is 9.81. The summed E-state index contributed by atoms with van der Waals surface area (Å²) in [5.74, 6) is -0.205. The summed E-state index contributed by atoms with van der Waals surface area (Å²) in [6, 6.07) is 10.2. The third-order valence-electron chi connectivity index (χ3n) is 1.98. The van der Waals surface area contributed by atoms with E-state index in [9.17, 15) is 4.79 Å². The highest BCUT2D eigenvalue weighted by molar-refractivity contribution is 6.30. The Hall–Kier alpha value is -1.87. The predicted octanol–water partition coefficient (Wildman–Crippen LogP) is 2.79. The second kappa shape index (κ2) is 4.77. The molecule has 2 rings (SSSR count). The van der Waals surface area contributed by atoms with Gasteiger partial charge in [-0.15, -0.1) is 0 Å². The smallest absolute Gasteiger partial charge is 0.257 e. The van der Waals surface area contributed by atoms with E-state index in [-0.39, 0.29) is 5.91 Å². The van der Waals surface area contributed by atoms with Crippen molar-refractivity contribution in [2.75, 3.05) is 5.32 Å². The molecule has 1 N–H and O–H groups in total. The third-order valence-corrected chi connectivity index (χ3v) is 2.23. The lowest BCUT2D eigenvalue weighted by Gasteiger charge is -2.04. The fraction of sp³-hybridized carbons (Fsp3) is 0. The average molecular weight is 232 g/mol. The standard InChI is InChI=1S/C12H8ClN2O/c13-10-3-5-11(6-4-10)15-12(16)9-2-1-7-14-8-9/h1-6,8H,(H,15,16). The van der Waals surface area contributed by atoms with Gasteiger partial charge in [-0.05, 0) is 36.4 Å². The number of hydrogen-bond donors (Lipinski definition) is 1. The molecule has 1 aromatic heterocycles. The average Bonchev–Trinajstić information content (AvgIpc) is 2.33. The number of pyridine rings is 1. The molecule has 0 unspecified atom stereocenters. The second-order valence-corrected chi connectivity index (χ2v) is 3.57. The molecule has 1 heterocycles. The number of anilines is 1. The molecule has 16 heavy (non-hydrogen) atoms. The highest BCUT2D eigenvalue weighted by Gasteiger charge is 2.04. The Morgan fingerprint density at radius 3 is 2.62 bits per heavy atom. The first-order valence-corrected chi connectivity index (χ1v) is 5.02. The summed E-state index contributed by atoms with van der Waals surface area (Å²) in [4.78, 5) is 15.5. The Balaban J connectivity index is 2.11. The van der Waals surface area contributed by atoms with Gasteiger partial charge in [0.25, 0.3) is 5.91 Å². The van der Waals surface area contributed by atoms with Crippen LogP contribution in [0.25, 0.3) is 0 Å². The molecular formula is C12H8ClN2O. The van der Waals surface area contributed by atoms with Crippen LogP contribution in [-0.2, 0) is 0 Å². The zero-order chi connectivity index (χ0) is 11.4. The van der Waals surface area contributed by atoms with E-state index >= 15 is 0 Å². The maximum absolute atomic E-state index is 11.7. The van der Waals surface area contributed by atoms with Gasteiger partial charge in [0.2, 0.25) is 0 Å². The molecule has 4 heteroatoms. The van der Waals surface area contributed by atoms with Gasteiger partial charge < -0.3 is 5.32 Å². The van der Waals surface area contributed by atoms with E-state index < -0.39 is 0 Å². The fourth-order valence-electron chi connectivity index (χ4n) is 1.19. The lowest BCUT2D eigenvalue weighted by Crippen LogP contribution is -2.11. The van der Waals surface area contributed by atoms with Crippen LogP contribution in [0.5, 0.6) is 0 Å². The van der Waals surface area contributed by atoms with Gasteiger partial charge in [0.05, 0.1) is 11.8 Å². The van der Waals surface area contributed by atoms with Crippen molar-refractivity contribution in [3.05, 3.63) is 59.4 Å². The van der Waals surface area contributed by atoms with Gasteiger partial charge in [0.15, 0.2) is 0 Å². The van der Waals surface area contributed by atoms with E-state index in [1.54, 1.807) is 36.4 Å². The van der Waals surface area contributed by atoms with E-state index in [2.05, 4.69) is 16.5 Å². The summed E-state index contributed by atoms with van der Waals surface area (Å²) in [6.07, 6.45) is 4.08. The van der Waals surface area contributed by atoms with Crippen LogP contribution < -0.4 is 5.32 Å². The molecule has 1 radical (unpaired) electrons. The monoisotopic (exact) mass is 231 g/mol.